The van der Waals surface area contributed by atoms with E-state index in [1.54, 1.807) is 16.3 Å². The summed E-state index contributed by atoms with van der Waals surface area (Å²) in [6, 6.07) is 8.37. The molecule has 2 aliphatic carbocycles. The van der Waals surface area contributed by atoms with Gasteiger partial charge in [-0.25, -0.2) is 4.79 Å². The van der Waals surface area contributed by atoms with E-state index in [9.17, 15) is 9.59 Å². The number of fused-ring (bicyclic) bond motifs is 1. The molecule has 1 aromatic carbocycles. The molecule has 1 fully saturated rings. The van der Waals surface area contributed by atoms with Gasteiger partial charge in [-0.2, -0.15) is 0 Å². The van der Waals surface area contributed by atoms with Crippen LogP contribution in [0.2, 0.25) is 0 Å². The second kappa shape index (κ2) is 8.95. The van der Waals surface area contributed by atoms with Gasteiger partial charge in [0, 0.05) is 12.1 Å². The molecule has 1 saturated carbocycles. The zero-order chi connectivity index (χ0) is 20.2. The topological polar surface area (TPSA) is 49.2 Å². The third-order valence-corrected chi connectivity index (χ3v) is 6.82. The van der Waals surface area contributed by atoms with Crippen LogP contribution in [0.25, 0.3) is 6.08 Å². The van der Waals surface area contributed by atoms with Gasteiger partial charge in [-0.3, -0.25) is 4.79 Å². The van der Waals surface area contributed by atoms with E-state index in [1.165, 1.54) is 24.8 Å². The fraction of sp³-hybridized carbons (Fsp3) is 0.375. The summed E-state index contributed by atoms with van der Waals surface area (Å²) in [4.78, 5) is 26.6. The molecule has 0 radical (unpaired) electrons. The molecule has 3 aliphatic rings. The van der Waals surface area contributed by atoms with Crippen LogP contribution in [0.3, 0.4) is 0 Å². The summed E-state index contributed by atoms with van der Waals surface area (Å²) in [5, 5.41) is 3.19. The average molecular weight is 408 g/mol. The van der Waals surface area contributed by atoms with Gasteiger partial charge in [0.2, 0.25) is 12.3 Å². The average Bonchev–Trinajstić information content (AvgIpc) is 2.73. The SMILES string of the molecule is Cc1ccc(/C=C2/SC3C=CC=CC3=[N+](CC(=O)NC3CCCCC3)C2=O)cc1. The molecule has 1 unspecified atom stereocenters. The highest BCUT2D eigenvalue weighted by molar-refractivity contribution is 8.05. The summed E-state index contributed by atoms with van der Waals surface area (Å²) in [5.74, 6) is -0.165. The maximum Gasteiger partial charge on any atom is 0.426 e. The molecule has 0 aromatic heterocycles. The van der Waals surface area contributed by atoms with E-state index < -0.39 is 0 Å². The zero-order valence-electron chi connectivity index (χ0n) is 16.8. The molecule has 4 nitrogen and oxygen atoms in total. The predicted molar refractivity (Wildman–Crippen MR) is 119 cm³/mol. The van der Waals surface area contributed by atoms with Crippen molar-refractivity contribution in [2.45, 2.75) is 50.3 Å². The quantitative estimate of drug-likeness (QED) is 0.606. The summed E-state index contributed by atoms with van der Waals surface area (Å²) >= 11 is 1.55. The minimum absolute atomic E-state index is 0.0527. The molecule has 4 rings (SSSR count). The first kappa shape index (κ1) is 19.9. The molecule has 29 heavy (non-hydrogen) atoms. The highest BCUT2D eigenvalue weighted by atomic mass is 32.2. The van der Waals surface area contributed by atoms with Gasteiger partial charge in [0.05, 0.1) is 0 Å². The van der Waals surface area contributed by atoms with Crippen LogP contribution in [0.15, 0.2) is 53.5 Å². The Kier molecular flexibility index (Phi) is 6.14. The van der Waals surface area contributed by atoms with Crippen LogP contribution in [0.5, 0.6) is 0 Å². The fourth-order valence-corrected chi connectivity index (χ4v) is 5.21. The van der Waals surface area contributed by atoms with Crippen molar-refractivity contribution < 1.29 is 14.2 Å². The number of aryl methyl sites for hydroxylation is 1. The van der Waals surface area contributed by atoms with Gasteiger partial charge in [-0.05, 0) is 31.4 Å². The Morgan fingerprint density at radius 3 is 2.69 bits per heavy atom. The smallest absolute Gasteiger partial charge is 0.348 e. The van der Waals surface area contributed by atoms with E-state index in [0.29, 0.717) is 4.91 Å². The van der Waals surface area contributed by atoms with Gasteiger partial charge in [-0.1, -0.05) is 79.1 Å². The molecule has 150 valence electrons. The maximum absolute atomic E-state index is 13.3. The zero-order valence-corrected chi connectivity index (χ0v) is 17.6. The van der Waals surface area contributed by atoms with Crippen molar-refractivity contribution in [3.63, 3.8) is 0 Å². The summed E-state index contributed by atoms with van der Waals surface area (Å²) < 4.78 is 1.65. The number of amides is 2. The Morgan fingerprint density at radius 2 is 1.93 bits per heavy atom. The monoisotopic (exact) mass is 407 g/mol. The van der Waals surface area contributed by atoms with Crippen molar-refractivity contribution in [2.24, 2.45) is 0 Å². The first-order valence-corrected chi connectivity index (χ1v) is 11.3. The van der Waals surface area contributed by atoms with E-state index in [1.807, 2.05) is 55.5 Å². The number of nitrogens with zero attached hydrogens (tertiary/aromatic N) is 1. The van der Waals surface area contributed by atoms with Crippen LogP contribution in [-0.4, -0.2) is 39.9 Å². The fourth-order valence-electron chi connectivity index (χ4n) is 4.03. The number of carbonyl (C=O) groups is 2. The largest absolute Gasteiger partial charge is 0.426 e. The molecular weight excluding hydrogens is 380 g/mol. The highest BCUT2D eigenvalue weighted by Gasteiger charge is 2.39. The molecule has 5 heteroatoms. The van der Waals surface area contributed by atoms with Gasteiger partial charge in [0.1, 0.15) is 10.2 Å². The lowest BCUT2D eigenvalue weighted by molar-refractivity contribution is -0.434. The molecule has 1 N–H and O–H groups in total. The maximum atomic E-state index is 13.3. The second-order valence-electron chi connectivity index (χ2n) is 7.92. The number of thioether (sulfide) groups is 1. The van der Waals surface area contributed by atoms with E-state index >= 15 is 0 Å². The Bertz CT molecular complexity index is 919. The summed E-state index contributed by atoms with van der Waals surface area (Å²) in [6.45, 7) is 2.12. The number of rotatable bonds is 4. The Hall–Kier alpha value is -2.40. The van der Waals surface area contributed by atoms with Gasteiger partial charge in [0.25, 0.3) is 5.91 Å². The van der Waals surface area contributed by atoms with Crippen LogP contribution in [0.4, 0.5) is 0 Å². The van der Waals surface area contributed by atoms with Crippen molar-refractivity contribution in [3.05, 3.63) is 64.6 Å². The lowest BCUT2D eigenvalue weighted by Crippen LogP contribution is -2.46. The predicted octanol–water partition coefficient (Wildman–Crippen LogP) is 4.01. The van der Waals surface area contributed by atoms with Crippen molar-refractivity contribution in [1.29, 1.82) is 0 Å². The summed E-state index contributed by atoms with van der Waals surface area (Å²) in [5.41, 5.74) is 3.07. The molecule has 1 aromatic rings. The lowest BCUT2D eigenvalue weighted by atomic mass is 9.95. The molecule has 0 bridgehead atoms. The van der Waals surface area contributed by atoms with E-state index in [2.05, 4.69) is 11.4 Å². The van der Waals surface area contributed by atoms with Crippen molar-refractivity contribution in [2.75, 3.05) is 6.54 Å². The third-order valence-electron chi connectivity index (χ3n) is 5.62. The van der Waals surface area contributed by atoms with Gasteiger partial charge in [-0.15, -0.1) is 4.58 Å². The number of nitrogens with one attached hydrogen (secondary N) is 1. The van der Waals surface area contributed by atoms with Crippen LogP contribution in [-0.2, 0) is 9.59 Å². The number of benzene rings is 1. The number of allylic oxidation sites excluding steroid dienone is 3. The van der Waals surface area contributed by atoms with Gasteiger partial charge in [0.15, 0.2) is 0 Å². The second-order valence-corrected chi connectivity index (χ2v) is 9.10. The molecule has 0 saturated heterocycles. The van der Waals surface area contributed by atoms with E-state index in [-0.39, 0.29) is 29.7 Å². The molecule has 2 amide bonds. The first-order chi connectivity index (χ1) is 14.1. The standard InChI is InChI=1S/C24H26N2O2S/c1-17-11-13-18(14-12-17)15-22-24(28)26(20-9-5-6-10-21(20)29-22)16-23(27)25-19-7-3-2-4-8-19/h5-6,9-15,19,21H,2-4,7-8,16H2,1H3/p+1/b22-15+. The van der Waals surface area contributed by atoms with Crippen molar-refractivity contribution >= 4 is 35.4 Å². The highest BCUT2D eigenvalue weighted by Crippen LogP contribution is 2.32. The summed E-state index contributed by atoms with van der Waals surface area (Å²) in [7, 11) is 0. The van der Waals surface area contributed by atoms with Crippen LogP contribution >= 0.6 is 11.8 Å². The Labute approximate surface area is 176 Å². The summed E-state index contributed by atoms with van der Waals surface area (Å²) in [6.07, 6.45) is 15.6. The number of hydrogen-bond donors (Lipinski definition) is 1. The minimum Gasteiger partial charge on any atom is -0.348 e. The lowest BCUT2D eigenvalue weighted by Gasteiger charge is -2.23. The molecule has 1 heterocycles. The van der Waals surface area contributed by atoms with Crippen LogP contribution < -0.4 is 5.32 Å². The molecule has 0 spiro atoms. The third kappa shape index (κ3) is 4.78. The number of hydrogen-bond acceptors (Lipinski definition) is 3. The molecule has 1 atom stereocenters. The van der Waals surface area contributed by atoms with Gasteiger partial charge >= 0.3 is 5.91 Å². The first-order valence-electron chi connectivity index (χ1n) is 10.4. The number of carbonyl (C=O) groups excluding carboxylic acids is 2. The van der Waals surface area contributed by atoms with E-state index in [0.717, 1.165) is 24.1 Å². The Balaban J connectivity index is 1.57. The van der Waals surface area contributed by atoms with Crippen molar-refractivity contribution in [1.82, 2.24) is 5.32 Å². The minimum atomic E-state index is -0.0967. The Morgan fingerprint density at radius 1 is 1.17 bits per heavy atom. The molecule has 1 aliphatic heterocycles. The van der Waals surface area contributed by atoms with Crippen LogP contribution in [0, 0.1) is 6.92 Å². The van der Waals surface area contributed by atoms with Crippen molar-refractivity contribution in [3.8, 4) is 0 Å². The van der Waals surface area contributed by atoms with E-state index in [4.69, 9.17) is 0 Å². The molecular formula is C24H27N2O2S+. The van der Waals surface area contributed by atoms with Crippen LogP contribution in [0.1, 0.15) is 43.2 Å². The van der Waals surface area contributed by atoms with Gasteiger partial charge < -0.3 is 5.32 Å². The normalized spacial score (nSPS) is 23.4.